The summed E-state index contributed by atoms with van der Waals surface area (Å²) in [7, 11) is 0. The average molecular weight is 498 g/mol. The number of nitriles is 1. The highest BCUT2D eigenvalue weighted by atomic mass is 16.7. The van der Waals surface area contributed by atoms with E-state index in [1.807, 2.05) is 6.07 Å². The number of aliphatic hydroxyl groups is 3. The van der Waals surface area contributed by atoms with E-state index in [1.54, 1.807) is 18.6 Å². The molecule has 5 N–H and O–H groups in total. The SMILES string of the molecule is N#CCC(OC1OC(C(=O)O)C(O)C(O)C1O)(C1CCCC1)n1cc(-c2ncnc3[nH]ccc23)cn1. The van der Waals surface area contributed by atoms with Gasteiger partial charge in [-0.05, 0) is 18.9 Å². The minimum absolute atomic E-state index is 0.189. The van der Waals surface area contributed by atoms with Gasteiger partial charge in [0.1, 0.15) is 30.3 Å². The normalized spacial score (nSPS) is 28.7. The van der Waals surface area contributed by atoms with E-state index in [4.69, 9.17) is 9.47 Å². The van der Waals surface area contributed by atoms with Crippen LogP contribution in [-0.2, 0) is 20.0 Å². The van der Waals surface area contributed by atoms with Crippen LogP contribution in [0.15, 0.2) is 31.0 Å². The second-order valence-corrected chi connectivity index (χ2v) is 9.15. The summed E-state index contributed by atoms with van der Waals surface area (Å²) in [6, 6.07) is 3.97. The summed E-state index contributed by atoms with van der Waals surface area (Å²) in [5.41, 5.74) is 0.456. The first-order valence-corrected chi connectivity index (χ1v) is 11.7. The molecule has 0 radical (unpaired) electrons. The van der Waals surface area contributed by atoms with Gasteiger partial charge in [-0.25, -0.2) is 19.4 Å². The summed E-state index contributed by atoms with van der Waals surface area (Å²) >= 11 is 0. The first-order chi connectivity index (χ1) is 17.4. The summed E-state index contributed by atoms with van der Waals surface area (Å²) in [5.74, 6) is -1.74. The predicted molar refractivity (Wildman–Crippen MR) is 121 cm³/mol. The van der Waals surface area contributed by atoms with Crippen molar-refractivity contribution < 1.29 is 34.7 Å². The van der Waals surface area contributed by atoms with E-state index < -0.39 is 42.4 Å². The third-order valence-corrected chi connectivity index (χ3v) is 7.06. The molecular weight excluding hydrogens is 472 g/mol. The van der Waals surface area contributed by atoms with Crippen molar-refractivity contribution in [2.75, 3.05) is 0 Å². The molecule has 1 saturated heterocycles. The van der Waals surface area contributed by atoms with E-state index in [2.05, 4.69) is 26.1 Å². The van der Waals surface area contributed by atoms with Crippen molar-refractivity contribution in [1.82, 2.24) is 24.7 Å². The van der Waals surface area contributed by atoms with Gasteiger partial charge >= 0.3 is 5.97 Å². The smallest absolute Gasteiger partial charge is 0.335 e. The standard InChI is InChI=1S/C23H26N6O7/c24-7-6-23(13-3-1-2-4-13,36-22-18(32)16(30)17(31)19(35-22)21(33)34)29-10-12(9-28-29)15-14-5-8-25-20(14)27-11-26-15/h5,8-11,13,16-19,22,30-32H,1-4,6H2,(H,33,34)(H,25,26,27). The summed E-state index contributed by atoms with van der Waals surface area (Å²) in [6.07, 6.45) is 0.502. The summed E-state index contributed by atoms with van der Waals surface area (Å²) in [4.78, 5) is 23.2. The summed E-state index contributed by atoms with van der Waals surface area (Å²) in [6.45, 7) is 0. The molecule has 2 aliphatic rings. The number of aliphatic hydroxyl groups excluding tert-OH is 3. The van der Waals surface area contributed by atoms with Gasteiger partial charge in [0.05, 0.1) is 24.4 Å². The molecule has 3 aromatic rings. The van der Waals surface area contributed by atoms with Crippen LogP contribution < -0.4 is 0 Å². The van der Waals surface area contributed by atoms with Gasteiger partial charge in [-0.15, -0.1) is 0 Å². The zero-order valence-electron chi connectivity index (χ0n) is 19.1. The largest absolute Gasteiger partial charge is 0.479 e. The fourth-order valence-electron chi connectivity index (χ4n) is 5.20. The van der Waals surface area contributed by atoms with Crippen molar-refractivity contribution in [1.29, 1.82) is 5.26 Å². The molecule has 1 aliphatic heterocycles. The Bertz CT molecular complexity index is 1280. The molecule has 190 valence electrons. The number of carboxylic acids is 1. The Morgan fingerprint density at radius 3 is 2.75 bits per heavy atom. The number of carboxylic acid groups (broad SMARTS) is 1. The predicted octanol–water partition coefficient (Wildman–Crippen LogP) is 0.487. The molecule has 6 unspecified atom stereocenters. The quantitative estimate of drug-likeness (QED) is 0.303. The number of aromatic nitrogens is 5. The van der Waals surface area contributed by atoms with Crippen molar-refractivity contribution in [3.63, 3.8) is 0 Å². The van der Waals surface area contributed by atoms with E-state index in [-0.39, 0.29) is 12.3 Å². The number of fused-ring (bicyclic) bond motifs is 1. The van der Waals surface area contributed by atoms with Gasteiger partial charge in [-0.2, -0.15) is 10.4 Å². The highest BCUT2D eigenvalue weighted by Crippen LogP contribution is 2.44. The van der Waals surface area contributed by atoms with Crippen molar-refractivity contribution in [3.05, 3.63) is 31.0 Å². The monoisotopic (exact) mass is 498 g/mol. The van der Waals surface area contributed by atoms with Gasteiger partial charge < -0.3 is 34.9 Å². The maximum atomic E-state index is 11.6. The fraction of sp³-hybridized carbons (Fsp3) is 0.522. The minimum Gasteiger partial charge on any atom is -0.479 e. The fourth-order valence-corrected chi connectivity index (χ4v) is 5.20. The molecule has 13 nitrogen and oxygen atoms in total. The third-order valence-electron chi connectivity index (χ3n) is 7.06. The minimum atomic E-state index is -1.85. The molecule has 3 aromatic heterocycles. The molecule has 36 heavy (non-hydrogen) atoms. The van der Waals surface area contributed by atoms with Gasteiger partial charge in [-0.3, -0.25) is 0 Å². The van der Waals surface area contributed by atoms with Crippen LogP contribution >= 0.6 is 0 Å². The Labute approximate surface area is 204 Å². The van der Waals surface area contributed by atoms with Crippen LogP contribution in [-0.4, -0.2) is 81.8 Å². The number of nitrogens with one attached hydrogen (secondary N) is 1. The van der Waals surface area contributed by atoms with Crippen molar-refractivity contribution >= 4 is 17.0 Å². The summed E-state index contributed by atoms with van der Waals surface area (Å²) < 4.78 is 13.2. The van der Waals surface area contributed by atoms with Crippen LogP contribution in [0.3, 0.4) is 0 Å². The number of rotatable bonds is 7. The van der Waals surface area contributed by atoms with Crippen molar-refractivity contribution in [2.24, 2.45) is 5.92 Å². The Balaban J connectivity index is 1.56. The van der Waals surface area contributed by atoms with E-state index in [0.717, 1.165) is 18.2 Å². The first kappa shape index (κ1) is 24.3. The number of aliphatic carboxylic acids is 1. The van der Waals surface area contributed by atoms with Gasteiger partial charge in [0.25, 0.3) is 0 Å². The molecule has 0 amide bonds. The Kier molecular flexibility index (Phi) is 6.45. The molecule has 0 spiro atoms. The van der Waals surface area contributed by atoms with Crippen molar-refractivity contribution in [2.45, 2.75) is 68.5 Å². The zero-order valence-corrected chi connectivity index (χ0v) is 19.1. The molecule has 2 fully saturated rings. The molecule has 5 rings (SSSR count). The number of hydrogen-bond donors (Lipinski definition) is 5. The van der Waals surface area contributed by atoms with Gasteiger partial charge in [0, 0.05) is 29.3 Å². The van der Waals surface area contributed by atoms with E-state index in [0.29, 0.717) is 29.7 Å². The number of aromatic amines is 1. The molecule has 0 bridgehead atoms. The topological polar surface area (TPSA) is 200 Å². The van der Waals surface area contributed by atoms with Crippen LogP contribution in [0.2, 0.25) is 0 Å². The third kappa shape index (κ3) is 4.02. The Morgan fingerprint density at radius 1 is 1.25 bits per heavy atom. The molecular formula is C23H26N6O7. The first-order valence-electron chi connectivity index (χ1n) is 11.7. The molecule has 1 aliphatic carbocycles. The molecule has 0 aromatic carbocycles. The molecule has 4 heterocycles. The summed E-state index contributed by atoms with van der Waals surface area (Å²) in [5, 5.41) is 55.5. The number of H-pyrrole nitrogens is 1. The van der Waals surface area contributed by atoms with Crippen LogP contribution in [0.4, 0.5) is 0 Å². The lowest BCUT2D eigenvalue weighted by Crippen LogP contribution is -2.62. The van der Waals surface area contributed by atoms with Gasteiger partial charge in [0.2, 0.25) is 0 Å². The Morgan fingerprint density at radius 2 is 2.03 bits per heavy atom. The van der Waals surface area contributed by atoms with E-state index in [1.165, 1.54) is 11.0 Å². The lowest BCUT2D eigenvalue weighted by molar-refractivity contribution is -0.344. The van der Waals surface area contributed by atoms with Crippen LogP contribution in [0, 0.1) is 17.2 Å². The van der Waals surface area contributed by atoms with Crippen LogP contribution in [0.5, 0.6) is 0 Å². The van der Waals surface area contributed by atoms with Crippen LogP contribution in [0.1, 0.15) is 32.1 Å². The second-order valence-electron chi connectivity index (χ2n) is 9.15. The number of carbonyl (C=O) groups is 1. The van der Waals surface area contributed by atoms with Crippen molar-refractivity contribution in [3.8, 4) is 17.3 Å². The van der Waals surface area contributed by atoms with Crippen LogP contribution in [0.25, 0.3) is 22.3 Å². The average Bonchev–Trinajstić information content (AvgIpc) is 3.65. The highest BCUT2D eigenvalue weighted by molar-refractivity contribution is 5.90. The lowest BCUT2D eigenvalue weighted by atomic mass is 9.90. The maximum Gasteiger partial charge on any atom is 0.335 e. The van der Waals surface area contributed by atoms with Gasteiger partial charge in [0.15, 0.2) is 18.1 Å². The second kappa shape index (κ2) is 9.57. The van der Waals surface area contributed by atoms with E-state index >= 15 is 0 Å². The molecule has 6 atom stereocenters. The van der Waals surface area contributed by atoms with E-state index in [9.17, 15) is 30.5 Å². The highest BCUT2D eigenvalue weighted by Gasteiger charge is 2.53. The number of hydrogen-bond acceptors (Lipinski definition) is 10. The lowest BCUT2D eigenvalue weighted by Gasteiger charge is -2.45. The zero-order chi connectivity index (χ0) is 25.4. The Hall–Kier alpha value is -3.41. The number of ether oxygens (including phenoxy) is 2. The van der Waals surface area contributed by atoms with Gasteiger partial charge in [-0.1, -0.05) is 12.8 Å². The molecule has 13 heteroatoms. The number of nitrogens with zero attached hydrogens (tertiary/aromatic N) is 5. The molecule has 1 saturated carbocycles. The maximum absolute atomic E-state index is 11.6.